The zero-order chi connectivity index (χ0) is 21.5. The van der Waals surface area contributed by atoms with Crippen molar-refractivity contribution in [3.05, 3.63) is 137 Å². The number of hydrogen-bond donors (Lipinski definition) is 1. The highest BCUT2D eigenvalue weighted by Gasteiger charge is 2.19. The van der Waals surface area contributed by atoms with E-state index in [1.807, 2.05) is 84.9 Å². The largest absolute Gasteiger partial charge is 0.449 e. The van der Waals surface area contributed by atoms with Gasteiger partial charge in [0.2, 0.25) is 0 Å². The van der Waals surface area contributed by atoms with Gasteiger partial charge in [0, 0.05) is 12.2 Å². The van der Waals surface area contributed by atoms with Gasteiger partial charge in [-0.2, -0.15) is 0 Å². The summed E-state index contributed by atoms with van der Waals surface area (Å²) in [6.45, 7) is 2.76. The molecule has 0 aliphatic heterocycles. The standard InChI is InChI=1S/C28H25NO2/c1-21-12-18-26(19-13-21)29-20-22-14-16-25(17-15-22)28(30)31-27(23-8-4-2-5-9-23)24-10-6-3-7-11-24/h2-19,27,29H,20H2,1H3. The summed E-state index contributed by atoms with van der Waals surface area (Å²) in [5.41, 5.74) is 5.83. The molecular weight excluding hydrogens is 382 g/mol. The number of nitrogens with one attached hydrogen (secondary N) is 1. The number of aryl methyl sites for hydroxylation is 1. The summed E-state index contributed by atoms with van der Waals surface area (Å²) in [5, 5.41) is 3.40. The minimum atomic E-state index is -0.446. The predicted octanol–water partition coefficient (Wildman–Crippen LogP) is 6.55. The van der Waals surface area contributed by atoms with Crippen LogP contribution < -0.4 is 5.32 Å². The molecule has 0 saturated carbocycles. The third kappa shape index (κ3) is 5.40. The molecule has 0 unspecified atom stereocenters. The molecule has 0 aromatic heterocycles. The summed E-state index contributed by atoms with van der Waals surface area (Å²) in [6, 6.07) is 35.5. The predicted molar refractivity (Wildman–Crippen MR) is 125 cm³/mol. The molecule has 0 amide bonds. The number of rotatable bonds is 7. The molecule has 0 radical (unpaired) electrons. The molecular formula is C28H25NO2. The van der Waals surface area contributed by atoms with Crippen molar-refractivity contribution in [3.8, 4) is 0 Å². The Balaban J connectivity index is 1.44. The molecule has 0 bridgehead atoms. The molecule has 3 heteroatoms. The number of ether oxygens (including phenoxy) is 1. The minimum Gasteiger partial charge on any atom is -0.449 e. The first-order chi connectivity index (χ1) is 15.2. The van der Waals surface area contributed by atoms with Crippen molar-refractivity contribution >= 4 is 11.7 Å². The number of esters is 1. The molecule has 4 aromatic rings. The topological polar surface area (TPSA) is 38.3 Å². The summed E-state index contributed by atoms with van der Waals surface area (Å²) in [6.07, 6.45) is -0.446. The van der Waals surface area contributed by atoms with E-state index in [-0.39, 0.29) is 5.97 Å². The Hall–Kier alpha value is -3.85. The van der Waals surface area contributed by atoms with Gasteiger partial charge in [0.1, 0.15) is 0 Å². The Morgan fingerprint density at radius 3 is 1.84 bits per heavy atom. The maximum absolute atomic E-state index is 12.9. The molecule has 0 saturated heterocycles. The van der Waals surface area contributed by atoms with E-state index in [0.717, 1.165) is 22.4 Å². The lowest BCUT2D eigenvalue weighted by Gasteiger charge is -2.19. The Bertz CT molecular complexity index is 1070. The molecule has 4 rings (SSSR count). The fraction of sp³-hybridized carbons (Fsp3) is 0.107. The van der Waals surface area contributed by atoms with E-state index in [1.54, 1.807) is 0 Å². The van der Waals surface area contributed by atoms with Crippen LogP contribution in [0.1, 0.15) is 38.7 Å². The fourth-order valence-electron chi connectivity index (χ4n) is 3.39. The smallest absolute Gasteiger partial charge is 0.339 e. The second-order valence-corrected chi connectivity index (χ2v) is 7.52. The first kappa shape index (κ1) is 20.4. The second kappa shape index (κ2) is 9.77. The summed E-state index contributed by atoms with van der Waals surface area (Å²) in [4.78, 5) is 12.9. The Kier molecular flexibility index (Phi) is 6.44. The average Bonchev–Trinajstić information content (AvgIpc) is 2.83. The van der Waals surface area contributed by atoms with Gasteiger partial charge in [-0.15, -0.1) is 0 Å². The van der Waals surface area contributed by atoms with E-state index in [1.165, 1.54) is 5.56 Å². The summed E-state index contributed by atoms with van der Waals surface area (Å²) < 4.78 is 5.93. The van der Waals surface area contributed by atoms with Gasteiger partial charge in [-0.1, -0.05) is 90.5 Å². The van der Waals surface area contributed by atoms with Crippen molar-refractivity contribution in [2.45, 2.75) is 19.6 Å². The molecule has 154 valence electrons. The van der Waals surface area contributed by atoms with Gasteiger partial charge in [-0.3, -0.25) is 0 Å². The molecule has 1 N–H and O–H groups in total. The van der Waals surface area contributed by atoms with Crippen LogP contribution in [-0.2, 0) is 11.3 Å². The summed E-state index contributed by atoms with van der Waals surface area (Å²) in [7, 11) is 0. The first-order valence-electron chi connectivity index (χ1n) is 10.4. The van der Waals surface area contributed by atoms with Gasteiger partial charge in [0.05, 0.1) is 5.56 Å². The maximum Gasteiger partial charge on any atom is 0.339 e. The van der Waals surface area contributed by atoms with Crippen LogP contribution in [0.5, 0.6) is 0 Å². The summed E-state index contributed by atoms with van der Waals surface area (Å²) >= 11 is 0. The summed E-state index contributed by atoms with van der Waals surface area (Å²) in [5.74, 6) is -0.337. The van der Waals surface area contributed by atoms with Gasteiger partial charge >= 0.3 is 5.97 Å². The van der Waals surface area contributed by atoms with Crippen molar-refractivity contribution < 1.29 is 9.53 Å². The van der Waals surface area contributed by atoms with Gasteiger partial charge in [0.15, 0.2) is 6.10 Å². The van der Waals surface area contributed by atoms with Crippen molar-refractivity contribution in [1.29, 1.82) is 0 Å². The van der Waals surface area contributed by atoms with Crippen molar-refractivity contribution in [3.63, 3.8) is 0 Å². The molecule has 0 fully saturated rings. The second-order valence-electron chi connectivity index (χ2n) is 7.52. The average molecular weight is 408 g/mol. The molecule has 0 aliphatic carbocycles. The van der Waals surface area contributed by atoms with Gasteiger partial charge < -0.3 is 10.1 Å². The van der Waals surface area contributed by atoms with Crippen LogP contribution in [-0.4, -0.2) is 5.97 Å². The van der Waals surface area contributed by atoms with Crippen molar-refractivity contribution in [2.75, 3.05) is 5.32 Å². The number of benzene rings is 4. The van der Waals surface area contributed by atoms with E-state index in [4.69, 9.17) is 4.74 Å². The van der Waals surface area contributed by atoms with Crippen molar-refractivity contribution in [1.82, 2.24) is 0 Å². The van der Waals surface area contributed by atoms with Crippen LogP contribution in [0.2, 0.25) is 0 Å². The Morgan fingerprint density at radius 2 is 1.29 bits per heavy atom. The van der Waals surface area contributed by atoms with Gasteiger partial charge in [-0.25, -0.2) is 4.79 Å². The Morgan fingerprint density at radius 1 is 0.742 bits per heavy atom. The number of carbonyl (C=O) groups excluding carboxylic acids is 1. The van der Waals surface area contributed by atoms with Gasteiger partial charge in [0.25, 0.3) is 0 Å². The maximum atomic E-state index is 12.9. The van der Waals surface area contributed by atoms with E-state index < -0.39 is 6.10 Å². The monoisotopic (exact) mass is 407 g/mol. The molecule has 0 heterocycles. The lowest BCUT2D eigenvalue weighted by atomic mass is 10.0. The molecule has 0 aliphatic rings. The number of carbonyl (C=O) groups is 1. The molecule has 0 atom stereocenters. The van der Waals surface area contributed by atoms with Crippen LogP contribution >= 0.6 is 0 Å². The normalized spacial score (nSPS) is 10.6. The van der Waals surface area contributed by atoms with Crippen LogP contribution in [0, 0.1) is 6.92 Å². The van der Waals surface area contributed by atoms with E-state index in [9.17, 15) is 4.79 Å². The first-order valence-corrected chi connectivity index (χ1v) is 10.4. The Labute approximate surface area is 183 Å². The van der Waals surface area contributed by atoms with Crippen LogP contribution in [0.25, 0.3) is 0 Å². The van der Waals surface area contributed by atoms with Crippen LogP contribution in [0.15, 0.2) is 109 Å². The zero-order valence-electron chi connectivity index (χ0n) is 17.5. The van der Waals surface area contributed by atoms with E-state index in [2.05, 4.69) is 36.5 Å². The number of anilines is 1. The van der Waals surface area contributed by atoms with Crippen molar-refractivity contribution in [2.24, 2.45) is 0 Å². The SMILES string of the molecule is Cc1ccc(NCc2ccc(C(=O)OC(c3ccccc3)c3ccccc3)cc2)cc1. The third-order valence-electron chi connectivity index (χ3n) is 5.17. The lowest BCUT2D eigenvalue weighted by molar-refractivity contribution is 0.0378. The third-order valence-corrected chi connectivity index (χ3v) is 5.17. The molecule has 0 spiro atoms. The van der Waals surface area contributed by atoms with E-state index in [0.29, 0.717) is 12.1 Å². The van der Waals surface area contributed by atoms with Gasteiger partial charge in [-0.05, 0) is 47.9 Å². The highest BCUT2D eigenvalue weighted by Crippen LogP contribution is 2.27. The van der Waals surface area contributed by atoms with Crippen LogP contribution in [0.3, 0.4) is 0 Å². The molecule has 3 nitrogen and oxygen atoms in total. The number of hydrogen-bond acceptors (Lipinski definition) is 3. The zero-order valence-corrected chi connectivity index (χ0v) is 17.5. The molecule has 31 heavy (non-hydrogen) atoms. The van der Waals surface area contributed by atoms with Crippen LogP contribution in [0.4, 0.5) is 5.69 Å². The molecule has 4 aromatic carbocycles. The van der Waals surface area contributed by atoms with E-state index >= 15 is 0 Å². The fourth-order valence-corrected chi connectivity index (χ4v) is 3.39. The quantitative estimate of drug-likeness (QED) is 0.353. The minimum absolute atomic E-state index is 0.337. The highest BCUT2D eigenvalue weighted by molar-refractivity contribution is 5.89. The lowest BCUT2D eigenvalue weighted by Crippen LogP contribution is -2.13. The highest BCUT2D eigenvalue weighted by atomic mass is 16.5.